The van der Waals surface area contributed by atoms with E-state index >= 15 is 0 Å². The maximum Gasteiger partial charge on any atom is 0.220 e. The first-order chi connectivity index (χ1) is 12.5. The predicted octanol–water partition coefficient (Wildman–Crippen LogP) is 3.94. The van der Waals surface area contributed by atoms with Crippen molar-refractivity contribution in [2.75, 3.05) is 20.8 Å². The van der Waals surface area contributed by atoms with Gasteiger partial charge in [0.15, 0.2) is 11.5 Å². The van der Waals surface area contributed by atoms with E-state index in [0.29, 0.717) is 30.4 Å². The van der Waals surface area contributed by atoms with Crippen LogP contribution in [0.25, 0.3) is 0 Å². The zero-order chi connectivity index (χ0) is 18.9. The smallest absolute Gasteiger partial charge is 0.220 e. The molecule has 0 heterocycles. The number of ether oxygens (including phenoxy) is 2. The van der Waals surface area contributed by atoms with Crippen LogP contribution in [0.2, 0.25) is 0 Å². The molecule has 0 aromatic heterocycles. The lowest BCUT2D eigenvalue weighted by molar-refractivity contribution is -0.121. The molecule has 0 saturated carbocycles. The first kappa shape index (κ1) is 19.8. The van der Waals surface area contributed by atoms with Crippen molar-refractivity contribution in [1.29, 1.82) is 0 Å². The molecule has 1 unspecified atom stereocenters. The first-order valence-electron chi connectivity index (χ1n) is 9.05. The monoisotopic (exact) mass is 355 g/mol. The Balaban J connectivity index is 1.75. The number of amides is 1. The lowest BCUT2D eigenvalue weighted by Gasteiger charge is -2.13. The van der Waals surface area contributed by atoms with Crippen molar-refractivity contribution in [2.45, 2.75) is 33.1 Å². The average Bonchev–Trinajstić information content (AvgIpc) is 2.63. The predicted molar refractivity (Wildman–Crippen MR) is 105 cm³/mol. The Kier molecular flexibility index (Phi) is 7.52. The molecule has 4 nitrogen and oxygen atoms in total. The quantitative estimate of drug-likeness (QED) is 0.741. The molecule has 1 amide bonds. The summed E-state index contributed by atoms with van der Waals surface area (Å²) >= 11 is 0. The van der Waals surface area contributed by atoms with Crippen molar-refractivity contribution in [3.63, 3.8) is 0 Å². The molecule has 0 aliphatic carbocycles. The Morgan fingerprint density at radius 3 is 2.31 bits per heavy atom. The summed E-state index contributed by atoms with van der Waals surface area (Å²) in [7, 11) is 3.24. The largest absolute Gasteiger partial charge is 0.493 e. The fourth-order valence-corrected chi connectivity index (χ4v) is 2.97. The number of hydrogen-bond donors (Lipinski definition) is 1. The molecule has 0 saturated heterocycles. The summed E-state index contributed by atoms with van der Waals surface area (Å²) in [5, 5.41) is 3.01. The minimum absolute atomic E-state index is 0.102. The number of rotatable bonds is 9. The van der Waals surface area contributed by atoms with Gasteiger partial charge in [-0.1, -0.05) is 42.8 Å². The highest BCUT2D eigenvalue weighted by Gasteiger charge is 2.10. The first-order valence-corrected chi connectivity index (χ1v) is 9.05. The maximum absolute atomic E-state index is 12.2. The standard InChI is InChI=1S/C22H29NO3/c1-16-5-7-18(8-6-16)13-17(2)14-22(24)23-12-11-19-9-10-20(25-3)21(15-19)26-4/h5-10,15,17H,11-14H2,1-4H3,(H,23,24). The van der Waals surface area contributed by atoms with Crippen molar-refractivity contribution in [1.82, 2.24) is 5.32 Å². The van der Waals surface area contributed by atoms with Crippen LogP contribution in [0.1, 0.15) is 30.0 Å². The molecule has 1 N–H and O–H groups in total. The Bertz CT molecular complexity index is 710. The fourth-order valence-electron chi connectivity index (χ4n) is 2.97. The van der Waals surface area contributed by atoms with E-state index in [1.165, 1.54) is 11.1 Å². The van der Waals surface area contributed by atoms with E-state index in [-0.39, 0.29) is 5.91 Å². The normalized spacial score (nSPS) is 11.7. The number of carbonyl (C=O) groups is 1. The van der Waals surface area contributed by atoms with Crippen molar-refractivity contribution < 1.29 is 14.3 Å². The zero-order valence-corrected chi connectivity index (χ0v) is 16.2. The van der Waals surface area contributed by atoms with E-state index in [9.17, 15) is 4.79 Å². The molecule has 0 spiro atoms. The minimum Gasteiger partial charge on any atom is -0.493 e. The minimum atomic E-state index is 0.102. The molecule has 0 aliphatic rings. The second-order valence-electron chi connectivity index (χ2n) is 6.79. The van der Waals surface area contributed by atoms with Gasteiger partial charge in [0.1, 0.15) is 0 Å². The van der Waals surface area contributed by atoms with Gasteiger partial charge in [0, 0.05) is 13.0 Å². The lowest BCUT2D eigenvalue weighted by atomic mass is 9.97. The molecule has 2 rings (SSSR count). The van der Waals surface area contributed by atoms with Crippen LogP contribution in [-0.4, -0.2) is 26.7 Å². The second kappa shape index (κ2) is 9.85. The molecule has 0 radical (unpaired) electrons. The number of hydrogen-bond acceptors (Lipinski definition) is 3. The average molecular weight is 355 g/mol. The van der Waals surface area contributed by atoms with E-state index < -0.39 is 0 Å². The molecular weight excluding hydrogens is 326 g/mol. The van der Waals surface area contributed by atoms with Crippen LogP contribution in [0.5, 0.6) is 11.5 Å². The van der Waals surface area contributed by atoms with Crippen LogP contribution in [0.3, 0.4) is 0 Å². The summed E-state index contributed by atoms with van der Waals surface area (Å²) < 4.78 is 10.5. The lowest BCUT2D eigenvalue weighted by Crippen LogP contribution is -2.27. The van der Waals surface area contributed by atoms with Gasteiger partial charge in [-0.3, -0.25) is 4.79 Å². The topological polar surface area (TPSA) is 47.6 Å². The highest BCUT2D eigenvalue weighted by Crippen LogP contribution is 2.27. The summed E-state index contributed by atoms with van der Waals surface area (Å²) in [4.78, 5) is 12.2. The van der Waals surface area contributed by atoms with Crippen molar-refractivity contribution in [3.8, 4) is 11.5 Å². The van der Waals surface area contributed by atoms with Crippen molar-refractivity contribution in [2.24, 2.45) is 5.92 Å². The van der Waals surface area contributed by atoms with Gasteiger partial charge in [0.25, 0.3) is 0 Å². The van der Waals surface area contributed by atoms with E-state index in [2.05, 4.69) is 43.4 Å². The van der Waals surface area contributed by atoms with Gasteiger partial charge < -0.3 is 14.8 Å². The van der Waals surface area contributed by atoms with E-state index in [1.54, 1.807) is 14.2 Å². The number of nitrogens with one attached hydrogen (secondary N) is 1. The third-order valence-corrected chi connectivity index (χ3v) is 4.42. The van der Waals surface area contributed by atoms with Gasteiger partial charge in [-0.25, -0.2) is 0 Å². The molecule has 140 valence electrons. The number of aryl methyl sites for hydroxylation is 1. The second-order valence-corrected chi connectivity index (χ2v) is 6.79. The molecule has 0 bridgehead atoms. The number of carbonyl (C=O) groups excluding carboxylic acids is 1. The Labute approximate surface area is 156 Å². The molecule has 4 heteroatoms. The summed E-state index contributed by atoms with van der Waals surface area (Å²) in [6.07, 6.45) is 2.22. The number of benzene rings is 2. The van der Waals surface area contributed by atoms with Crippen LogP contribution in [0.4, 0.5) is 0 Å². The third-order valence-electron chi connectivity index (χ3n) is 4.42. The third kappa shape index (κ3) is 6.10. The van der Waals surface area contributed by atoms with E-state index in [4.69, 9.17) is 9.47 Å². The molecule has 0 aliphatic heterocycles. The molecule has 1 atom stereocenters. The summed E-state index contributed by atoms with van der Waals surface area (Å²) in [6.45, 7) is 4.82. The van der Waals surface area contributed by atoms with Crippen LogP contribution >= 0.6 is 0 Å². The van der Waals surface area contributed by atoms with E-state index in [0.717, 1.165) is 18.4 Å². The molecule has 0 fully saturated rings. The van der Waals surface area contributed by atoms with Gasteiger partial charge in [-0.05, 0) is 48.9 Å². The fraction of sp³-hybridized carbons (Fsp3) is 0.409. The highest BCUT2D eigenvalue weighted by atomic mass is 16.5. The van der Waals surface area contributed by atoms with Crippen LogP contribution in [0.15, 0.2) is 42.5 Å². The van der Waals surface area contributed by atoms with Crippen LogP contribution < -0.4 is 14.8 Å². The summed E-state index contributed by atoms with van der Waals surface area (Å²) in [5.41, 5.74) is 3.64. The van der Waals surface area contributed by atoms with Crippen LogP contribution in [0, 0.1) is 12.8 Å². The summed E-state index contributed by atoms with van der Waals surface area (Å²) in [5.74, 6) is 1.84. The van der Waals surface area contributed by atoms with Crippen molar-refractivity contribution in [3.05, 3.63) is 59.2 Å². The van der Waals surface area contributed by atoms with Gasteiger partial charge in [0.05, 0.1) is 14.2 Å². The highest BCUT2D eigenvalue weighted by molar-refractivity contribution is 5.76. The van der Waals surface area contributed by atoms with Gasteiger partial charge in [0.2, 0.25) is 5.91 Å². The molecule has 2 aromatic carbocycles. The van der Waals surface area contributed by atoms with E-state index in [1.807, 2.05) is 18.2 Å². The SMILES string of the molecule is COc1ccc(CCNC(=O)CC(C)Cc2ccc(C)cc2)cc1OC. The van der Waals surface area contributed by atoms with Crippen molar-refractivity contribution >= 4 is 5.91 Å². The molecule has 2 aromatic rings. The Morgan fingerprint density at radius 2 is 1.65 bits per heavy atom. The van der Waals surface area contributed by atoms with Gasteiger partial charge in [-0.2, -0.15) is 0 Å². The number of methoxy groups -OCH3 is 2. The Morgan fingerprint density at radius 1 is 1.00 bits per heavy atom. The zero-order valence-electron chi connectivity index (χ0n) is 16.2. The van der Waals surface area contributed by atoms with Gasteiger partial charge in [-0.15, -0.1) is 0 Å². The molecule has 26 heavy (non-hydrogen) atoms. The van der Waals surface area contributed by atoms with Gasteiger partial charge >= 0.3 is 0 Å². The molecular formula is C22H29NO3. The maximum atomic E-state index is 12.2. The van der Waals surface area contributed by atoms with Crippen LogP contribution in [-0.2, 0) is 17.6 Å². The Hall–Kier alpha value is -2.49. The summed E-state index contributed by atoms with van der Waals surface area (Å²) in [6, 6.07) is 14.3.